The van der Waals surface area contributed by atoms with Gasteiger partial charge in [-0.2, -0.15) is 16.8 Å². The van der Waals surface area contributed by atoms with Crippen LogP contribution in [0, 0.1) is 13.8 Å². The minimum absolute atomic E-state index is 0.106. The van der Waals surface area contributed by atoms with Crippen molar-refractivity contribution >= 4 is 26.2 Å². The number of carbonyl (C=O) groups excluding carboxylic acids is 1. The zero-order chi connectivity index (χ0) is 24.0. The number of rotatable bonds is 7. The van der Waals surface area contributed by atoms with Crippen LogP contribution >= 0.6 is 0 Å². The van der Waals surface area contributed by atoms with Crippen molar-refractivity contribution in [1.82, 2.24) is 0 Å². The summed E-state index contributed by atoms with van der Waals surface area (Å²) in [5, 5.41) is 0. The highest BCUT2D eigenvalue weighted by Crippen LogP contribution is 2.38. The van der Waals surface area contributed by atoms with E-state index in [1.807, 2.05) is 0 Å². The Labute approximate surface area is 191 Å². The van der Waals surface area contributed by atoms with Gasteiger partial charge in [-0.1, -0.05) is 35.4 Å². The number of methoxy groups -OCH3 is 1. The molecule has 2 aromatic carbocycles. The first-order valence-corrected chi connectivity index (χ1v) is 12.7. The Morgan fingerprint density at radius 3 is 1.73 bits per heavy atom. The monoisotopic (exact) mass is 498 g/mol. The molecule has 12 heteroatoms. The van der Waals surface area contributed by atoms with Crippen molar-refractivity contribution in [3.05, 3.63) is 59.7 Å². The molecule has 0 radical (unpaired) electrons. The maximum absolute atomic E-state index is 12.8. The van der Waals surface area contributed by atoms with Gasteiger partial charge < -0.3 is 14.2 Å². The summed E-state index contributed by atoms with van der Waals surface area (Å²) in [6.07, 6.45) is -6.80. The Morgan fingerprint density at radius 2 is 1.24 bits per heavy atom. The van der Waals surface area contributed by atoms with Crippen LogP contribution in [0.25, 0.3) is 0 Å². The SMILES string of the molecule is CO[C@@H]1O[C@@H]2C(OS(=O)(=O)c3ccc(C)cc3)C(=O)O[C@@H]2[C@H]1OS(=O)(=O)c1ccc(C)cc1. The highest BCUT2D eigenvalue weighted by molar-refractivity contribution is 7.87. The van der Waals surface area contributed by atoms with E-state index >= 15 is 0 Å². The molecule has 0 saturated carbocycles. The normalized spacial score (nSPS) is 27.4. The average molecular weight is 499 g/mol. The van der Waals surface area contributed by atoms with Crippen LogP contribution in [-0.4, -0.2) is 60.6 Å². The molecule has 0 spiro atoms. The Morgan fingerprint density at radius 1 is 0.758 bits per heavy atom. The first-order valence-electron chi connectivity index (χ1n) is 9.90. The van der Waals surface area contributed by atoms with E-state index in [4.69, 9.17) is 22.6 Å². The quantitative estimate of drug-likeness (QED) is 0.408. The summed E-state index contributed by atoms with van der Waals surface area (Å²) in [5.74, 6) is -1.02. The third-order valence-corrected chi connectivity index (χ3v) is 7.95. The number of hydrogen-bond acceptors (Lipinski definition) is 10. The molecule has 2 saturated heterocycles. The molecule has 2 fully saturated rings. The van der Waals surface area contributed by atoms with Gasteiger partial charge in [0.05, 0.1) is 9.79 Å². The fourth-order valence-corrected chi connectivity index (χ4v) is 5.67. The molecule has 178 valence electrons. The van der Waals surface area contributed by atoms with Crippen LogP contribution < -0.4 is 0 Å². The summed E-state index contributed by atoms with van der Waals surface area (Å²) >= 11 is 0. The summed E-state index contributed by atoms with van der Waals surface area (Å²) in [4.78, 5) is 12.2. The van der Waals surface area contributed by atoms with Crippen molar-refractivity contribution in [2.45, 2.75) is 54.3 Å². The second-order valence-corrected chi connectivity index (χ2v) is 10.9. The molecule has 2 aliphatic rings. The lowest BCUT2D eigenvalue weighted by Gasteiger charge is -2.20. The predicted octanol–water partition coefficient (Wildman–Crippen LogP) is 1.45. The number of ether oxygens (including phenoxy) is 3. The lowest BCUT2D eigenvalue weighted by Crippen LogP contribution is -2.38. The van der Waals surface area contributed by atoms with Crippen LogP contribution in [-0.2, 0) is 47.6 Å². The molecule has 1 unspecified atom stereocenters. The summed E-state index contributed by atoms with van der Waals surface area (Å²) in [6.45, 7) is 3.59. The van der Waals surface area contributed by atoms with Crippen LogP contribution in [0.5, 0.6) is 0 Å². The summed E-state index contributed by atoms with van der Waals surface area (Å²) in [7, 11) is -7.36. The van der Waals surface area contributed by atoms with Gasteiger partial charge in [0.2, 0.25) is 6.10 Å². The van der Waals surface area contributed by atoms with Crippen LogP contribution in [0.2, 0.25) is 0 Å². The van der Waals surface area contributed by atoms with Gasteiger partial charge in [0.25, 0.3) is 20.2 Å². The van der Waals surface area contributed by atoms with E-state index in [1.54, 1.807) is 38.1 Å². The average Bonchev–Trinajstić information content (AvgIpc) is 3.24. The van der Waals surface area contributed by atoms with Crippen molar-refractivity contribution in [3.8, 4) is 0 Å². The zero-order valence-electron chi connectivity index (χ0n) is 17.9. The van der Waals surface area contributed by atoms with Gasteiger partial charge in [-0.15, -0.1) is 0 Å². The zero-order valence-corrected chi connectivity index (χ0v) is 19.5. The topological polar surface area (TPSA) is 132 Å². The number of benzene rings is 2. The van der Waals surface area contributed by atoms with Gasteiger partial charge in [0, 0.05) is 7.11 Å². The van der Waals surface area contributed by atoms with Crippen LogP contribution in [0.3, 0.4) is 0 Å². The van der Waals surface area contributed by atoms with E-state index in [9.17, 15) is 21.6 Å². The maximum Gasteiger partial charge on any atom is 0.340 e. The molecule has 0 aromatic heterocycles. The fourth-order valence-electron chi connectivity index (χ4n) is 3.55. The third kappa shape index (κ3) is 4.67. The van der Waals surface area contributed by atoms with Crippen molar-refractivity contribution in [2.24, 2.45) is 0 Å². The van der Waals surface area contributed by atoms with E-state index in [1.165, 1.54) is 31.4 Å². The molecule has 4 rings (SSSR count). The molecule has 0 aliphatic carbocycles. The molecule has 2 heterocycles. The molecule has 0 bridgehead atoms. The fraction of sp³-hybridized carbons (Fsp3) is 0.381. The first kappa shape index (κ1) is 23.8. The molecular formula is C21H22O10S2. The summed E-state index contributed by atoms with van der Waals surface area (Å²) < 4.78 is 77.2. The minimum atomic E-state index is -4.34. The number of carbonyl (C=O) groups is 1. The predicted molar refractivity (Wildman–Crippen MR) is 112 cm³/mol. The van der Waals surface area contributed by atoms with Gasteiger partial charge in [-0.25, -0.2) is 8.98 Å². The molecule has 0 amide bonds. The maximum atomic E-state index is 12.8. The summed E-state index contributed by atoms with van der Waals surface area (Å²) in [5.41, 5.74) is 1.69. The lowest BCUT2D eigenvalue weighted by molar-refractivity contribution is -0.170. The molecule has 0 N–H and O–H groups in total. The number of aryl methyl sites for hydroxylation is 2. The van der Waals surface area contributed by atoms with E-state index in [-0.39, 0.29) is 9.79 Å². The number of fused-ring (bicyclic) bond motifs is 1. The Kier molecular flexibility index (Phi) is 6.33. The standard InChI is InChI=1S/C21H22O10S2/c1-12-4-8-14(9-5-12)32(23,24)30-18-16-17(28-20(18)22)19(21(27-3)29-16)31-33(25,26)15-10-6-13(2)7-11-15/h4-11,16-19,21H,1-3H3/t16-,17-,18?,19+,21+/m0/s1. The van der Waals surface area contributed by atoms with Gasteiger partial charge in [-0.05, 0) is 38.1 Å². The van der Waals surface area contributed by atoms with Crippen molar-refractivity contribution in [1.29, 1.82) is 0 Å². The highest BCUT2D eigenvalue weighted by Gasteiger charge is 2.61. The minimum Gasteiger partial charge on any atom is -0.454 e. The second-order valence-electron chi connectivity index (χ2n) is 7.72. The first-order chi connectivity index (χ1) is 15.5. The van der Waals surface area contributed by atoms with Crippen LogP contribution in [0.15, 0.2) is 58.3 Å². The molecule has 2 aromatic rings. The van der Waals surface area contributed by atoms with Crippen LogP contribution in [0.4, 0.5) is 0 Å². The van der Waals surface area contributed by atoms with Gasteiger partial charge in [-0.3, -0.25) is 4.18 Å². The Balaban J connectivity index is 1.56. The summed E-state index contributed by atoms with van der Waals surface area (Å²) in [6, 6.07) is 11.8. The largest absolute Gasteiger partial charge is 0.454 e. The van der Waals surface area contributed by atoms with Crippen molar-refractivity contribution in [2.75, 3.05) is 7.11 Å². The van der Waals surface area contributed by atoms with Crippen LogP contribution in [0.1, 0.15) is 11.1 Å². The van der Waals surface area contributed by atoms with Gasteiger partial charge in [0.1, 0.15) is 6.10 Å². The Hall–Kier alpha value is -2.35. The third-order valence-electron chi connectivity index (χ3n) is 5.31. The highest BCUT2D eigenvalue weighted by atomic mass is 32.2. The van der Waals surface area contributed by atoms with E-state index in [0.29, 0.717) is 0 Å². The molecule has 2 aliphatic heterocycles. The number of esters is 1. The van der Waals surface area contributed by atoms with Gasteiger partial charge in [0.15, 0.2) is 18.5 Å². The lowest BCUT2D eigenvalue weighted by atomic mass is 10.1. The molecular weight excluding hydrogens is 476 g/mol. The van der Waals surface area contributed by atoms with Crippen molar-refractivity contribution < 1.29 is 44.2 Å². The molecule has 33 heavy (non-hydrogen) atoms. The molecule has 10 nitrogen and oxygen atoms in total. The van der Waals surface area contributed by atoms with E-state index in [0.717, 1.165) is 11.1 Å². The second kappa shape index (κ2) is 8.78. The smallest absolute Gasteiger partial charge is 0.340 e. The Bertz CT molecular complexity index is 1240. The number of hydrogen-bond donors (Lipinski definition) is 0. The van der Waals surface area contributed by atoms with Crippen molar-refractivity contribution in [3.63, 3.8) is 0 Å². The van der Waals surface area contributed by atoms with E-state index < -0.39 is 56.9 Å². The van der Waals surface area contributed by atoms with E-state index in [2.05, 4.69) is 0 Å². The molecule has 5 atom stereocenters. The van der Waals surface area contributed by atoms with Gasteiger partial charge >= 0.3 is 5.97 Å².